The average Bonchev–Trinajstić information content (AvgIpc) is 2.16. The van der Waals surface area contributed by atoms with Gasteiger partial charge in [-0.1, -0.05) is 31.1 Å². The van der Waals surface area contributed by atoms with E-state index >= 15 is 0 Å². The van der Waals surface area contributed by atoms with Crippen molar-refractivity contribution in [3.05, 3.63) is 35.2 Å². The number of hydrogen-bond acceptors (Lipinski definition) is 1. The van der Waals surface area contributed by atoms with Gasteiger partial charge in [0.15, 0.2) is 0 Å². The van der Waals surface area contributed by atoms with Crippen molar-refractivity contribution in [2.24, 2.45) is 0 Å². The Hall–Kier alpha value is -0.980. The third kappa shape index (κ3) is 10.9. The molecule has 15 heavy (non-hydrogen) atoms. The fourth-order valence-electron chi connectivity index (χ4n) is 0.894. The first-order valence-electron chi connectivity index (χ1n) is 5.63. The zero-order valence-electron chi connectivity index (χ0n) is 11.7. The Morgan fingerprint density at radius 2 is 1.27 bits per heavy atom. The van der Waals surface area contributed by atoms with Crippen LogP contribution in [0.4, 0.5) is 0 Å². The van der Waals surface area contributed by atoms with Crippen LogP contribution in [-0.4, -0.2) is 11.9 Å². The van der Waals surface area contributed by atoms with Crippen LogP contribution in [0, 0.1) is 0 Å². The van der Waals surface area contributed by atoms with Crippen LogP contribution in [0.5, 0.6) is 0 Å². The van der Waals surface area contributed by atoms with Crippen molar-refractivity contribution in [2.75, 3.05) is 7.05 Å². The maximum atomic E-state index is 2.13. The molecular formula is C14H27N. The summed E-state index contributed by atoms with van der Waals surface area (Å²) in [6.07, 6.45) is 6.39. The molecule has 0 radical (unpaired) electrons. The van der Waals surface area contributed by atoms with E-state index in [0.29, 0.717) is 0 Å². The van der Waals surface area contributed by atoms with Crippen LogP contribution in [-0.2, 0) is 0 Å². The topological polar surface area (TPSA) is 3.24 Å². The summed E-state index contributed by atoms with van der Waals surface area (Å²) in [7, 11) is 2.07. The van der Waals surface area contributed by atoms with Crippen molar-refractivity contribution < 1.29 is 0 Å². The van der Waals surface area contributed by atoms with Crippen LogP contribution in [0.15, 0.2) is 35.2 Å². The van der Waals surface area contributed by atoms with Crippen LogP contribution in [0.25, 0.3) is 0 Å². The minimum atomic E-state index is 1.25. The monoisotopic (exact) mass is 209 g/mol. The van der Waals surface area contributed by atoms with E-state index in [4.69, 9.17) is 0 Å². The lowest BCUT2D eigenvalue weighted by molar-refractivity contribution is 0.565. The molecule has 0 rings (SSSR count). The second-order valence-corrected chi connectivity index (χ2v) is 3.87. The van der Waals surface area contributed by atoms with E-state index < -0.39 is 0 Å². The number of nitrogens with zero attached hydrogens (tertiary/aromatic N) is 1. The molecule has 0 saturated carbocycles. The van der Waals surface area contributed by atoms with Gasteiger partial charge in [-0.05, 0) is 40.7 Å². The minimum Gasteiger partial charge on any atom is -0.355 e. The molecule has 0 aromatic carbocycles. The van der Waals surface area contributed by atoms with Gasteiger partial charge in [-0.2, -0.15) is 0 Å². The van der Waals surface area contributed by atoms with Gasteiger partial charge in [0, 0.05) is 18.9 Å². The minimum absolute atomic E-state index is 1.25. The molecule has 0 aliphatic rings. The molecule has 0 unspecified atom stereocenters. The average molecular weight is 209 g/mol. The van der Waals surface area contributed by atoms with Gasteiger partial charge in [-0.3, -0.25) is 0 Å². The molecule has 0 aromatic rings. The van der Waals surface area contributed by atoms with Gasteiger partial charge < -0.3 is 4.90 Å². The summed E-state index contributed by atoms with van der Waals surface area (Å²) in [4.78, 5) is 2.13. The standard InChI is InChI=1S/C12H21N.C2H6/c1-10(2)7-8-12(5)13(6)9-11(3)4;1-2/h7-9H,1-6H3;1-2H3/b12-8+;. The SMILES string of the molecule is CC.CC(C)=C/C=C(\C)N(C)C=C(C)C. The Morgan fingerprint density at radius 1 is 0.800 bits per heavy atom. The molecule has 0 aliphatic carbocycles. The van der Waals surface area contributed by atoms with E-state index in [2.05, 4.69) is 64.9 Å². The van der Waals surface area contributed by atoms with E-state index in [-0.39, 0.29) is 0 Å². The second kappa shape index (κ2) is 9.57. The molecule has 0 atom stereocenters. The van der Waals surface area contributed by atoms with Gasteiger partial charge in [0.2, 0.25) is 0 Å². The van der Waals surface area contributed by atoms with Crippen LogP contribution in [0.2, 0.25) is 0 Å². The highest BCUT2D eigenvalue weighted by Gasteiger charge is 1.92. The van der Waals surface area contributed by atoms with E-state index in [1.807, 2.05) is 13.8 Å². The molecule has 0 bridgehead atoms. The summed E-state index contributed by atoms with van der Waals surface area (Å²) in [6.45, 7) is 14.5. The molecule has 0 fully saturated rings. The second-order valence-electron chi connectivity index (χ2n) is 3.87. The van der Waals surface area contributed by atoms with Crippen molar-refractivity contribution in [2.45, 2.75) is 48.5 Å². The third-order valence-electron chi connectivity index (χ3n) is 1.67. The largest absolute Gasteiger partial charge is 0.355 e. The molecule has 1 heteroatoms. The highest BCUT2D eigenvalue weighted by atomic mass is 15.1. The fourth-order valence-corrected chi connectivity index (χ4v) is 0.894. The van der Waals surface area contributed by atoms with Crippen LogP contribution in [0.1, 0.15) is 48.5 Å². The molecule has 0 N–H and O–H groups in total. The molecule has 88 valence electrons. The van der Waals surface area contributed by atoms with E-state index in [1.54, 1.807) is 0 Å². The van der Waals surface area contributed by atoms with Gasteiger partial charge in [-0.15, -0.1) is 0 Å². The van der Waals surface area contributed by atoms with Gasteiger partial charge in [-0.25, -0.2) is 0 Å². The molecular weight excluding hydrogens is 182 g/mol. The van der Waals surface area contributed by atoms with Gasteiger partial charge >= 0.3 is 0 Å². The Balaban J connectivity index is 0. The van der Waals surface area contributed by atoms with Gasteiger partial charge in [0.05, 0.1) is 0 Å². The Morgan fingerprint density at radius 3 is 1.60 bits per heavy atom. The molecule has 0 aliphatic heterocycles. The Bertz CT molecular complexity index is 236. The predicted octanol–water partition coefficient (Wildman–Crippen LogP) is 4.74. The fraction of sp³-hybridized carbons (Fsp3) is 0.571. The van der Waals surface area contributed by atoms with Crippen LogP contribution < -0.4 is 0 Å². The summed E-state index contributed by atoms with van der Waals surface area (Å²) < 4.78 is 0. The Kier molecular flexibility index (Phi) is 10.5. The smallest absolute Gasteiger partial charge is 0.0140 e. The summed E-state index contributed by atoms with van der Waals surface area (Å²) in [6, 6.07) is 0. The van der Waals surface area contributed by atoms with Crippen molar-refractivity contribution >= 4 is 0 Å². The predicted molar refractivity (Wildman–Crippen MR) is 71.7 cm³/mol. The normalized spacial score (nSPS) is 9.73. The number of hydrogen-bond donors (Lipinski definition) is 0. The maximum absolute atomic E-state index is 2.13. The molecule has 1 nitrogen and oxygen atoms in total. The zero-order valence-corrected chi connectivity index (χ0v) is 11.7. The third-order valence-corrected chi connectivity index (χ3v) is 1.67. The van der Waals surface area contributed by atoms with E-state index in [0.717, 1.165) is 0 Å². The maximum Gasteiger partial charge on any atom is 0.0140 e. The first kappa shape index (κ1) is 16.4. The van der Waals surface area contributed by atoms with Crippen molar-refractivity contribution in [1.29, 1.82) is 0 Å². The van der Waals surface area contributed by atoms with Gasteiger partial charge in [0.25, 0.3) is 0 Å². The quantitative estimate of drug-likeness (QED) is 0.607. The van der Waals surface area contributed by atoms with Crippen LogP contribution in [0.3, 0.4) is 0 Å². The highest BCUT2D eigenvalue weighted by molar-refractivity contribution is 5.15. The lowest BCUT2D eigenvalue weighted by atomic mass is 10.3. The molecule has 0 saturated heterocycles. The highest BCUT2D eigenvalue weighted by Crippen LogP contribution is 2.04. The zero-order chi connectivity index (χ0) is 12.4. The first-order valence-corrected chi connectivity index (χ1v) is 5.63. The van der Waals surface area contributed by atoms with Gasteiger partial charge in [0.1, 0.15) is 0 Å². The van der Waals surface area contributed by atoms with Crippen molar-refractivity contribution in [1.82, 2.24) is 4.90 Å². The summed E-state index contributed by atoms with van der Waals surface area (Å²) >= 11 is 0. The molecule has 0 spiro atoms. The van der Waals surface area contributed by atoms with Crippen molar-refractivity contribution in [3.63, 3.8) is 0 Å². The molecule has 0 amide bonds. The van der Waals surface area contributed by atoms with Crippen molar-refractivity contribution in [3.8, 4) is 0 Å². The molecule has 0 heterocycles. The lowest BCUT2D eigenvalue weighted by Crippen LogP contribution is -2.07. The van der Waals surface area contributed by atoms with E-state index in [9.17, 15) is 0 Å². The summed E-state index contributed by atoms with van der Waals surface area (Å²) in [5.41, 5.74) is 3.89. The lowest BCUT2D eigenvalue weighted by Gasteiger charge is -2.14. The number of allylic oxidation sites excluding steroid dienone is 5. The van der Waals surface area contributed by atoms with Crippen LogP contribution >= 0.6 is 0 Å². The summed E-state index contributed by atoms with van der Waals surface area (Å²) in [5.74, 6) is 0. The number of rotatable bonds is 3. The molecule has 0 aromatic heterocycles. The van der Waals surface area contributed by atoms with E-state index in [1.165, 1.54) is 16.8 Å². The Labute approximate surface area is 96.2 Å². The first-order chi connectivity index (χ1) is 6.93. The summed E-state index contributed by atoms with van der Waals surface area (Å²) in [5, 5.41) is 0.